The lowest BCUT2D eigenvalue weighted by atomic mass is 9.87. The van der Waals surface area contributed by atoms with Crippen LogP contribution in [0.5, 0.6) is 17.2 Å². The van der Waals surface area contributed by atoms with Crippen molar-refractivity contribution in [1.82, 2.24) is 0 Å². The van der Waals surface area contributed by atoms with E-state index in [9.17, 15) is 14.7 Å². The van der Waals surface area contributed by atoms with E-state index in [0.717, 1.165) is 6.08 Å². The summed E-state index contributed by atoms with van der Waals surface area (Å²) in [5, 5.41) is 11.0. The molecule has 1 aliphatic carbocycles. The van der Waals surface area contributed by atoms with Gasteiger partial charge in [-0.25, -0.2) is 0 Å². The Morgan fingerprint density at radius 1 is 0.913 bits per heavy atom. The average Bonchev–Trinajstić information content (AvgIpc) is 2.56. The number of ether oxygens (including phenoxy) is 3. The van der Waals surface area contributed by atoms with E-state index in [2.05, 4.69) is 0 Å². The molecule has 118 valence electrons. The SMILES string of the molecule is COC1=CC(=O)c2cc(O)c3c(OC)ccc(OC)c3c2C1=O. The molecule has 2 aromatic rings. The number of hydrogen-bond donors (Lipinski definition) is 1. The van der Waals surface area contributed by atoms with Gasteiger partial charge < -0.3 is 19.3 Å². The van der Waals surface area contributed by atoms with Crippen molar-refractivity contribution in [1.29, 1.82) is 0 Å². The Balaban J connectivity index is 2.52. The first kappa shape index (κ1) is 14.9. The highest BCUT2D eigenvalue weighted by Gasteiger charge is 2.32. The minimum atomic E-state index is -0.446. The van der Waals surface area contributed by atoms with Gasteiger partial charge >= 0.3 is 0 Å². The van der Waals surface area contributed by atoms with Crippen LogP contribution in [-0.2, 0) is 4.74 Å². The Hall–Kier alpha value is -3.02. The van der Waals surface area contributed by atoms with Gasteiger partial charge in [0.2, 0.25) is 5.78 Å². The van der Waals surface area contributed by atoms with Crippen LogP contribution in [0.4, 0.5) is 0 Å². The summed E-state index contributed by atoms with van der Waals surface area (Å²) in [6.45, 7) is 0. The van der Waals surface area contributed by atoms with E-state index in [4.69, 9.17) is 14.2 Å². The van der Waals surface area contributed by atoms with Crippen LogP contribution in [0.1, 0.15) is 20.7 Å². The number of carbonyl (C=O) groups excluding carboxylic acids is 2. The van der Waals surface area contributed by atoms with E-state index >= 15 is 0 Å². The van der Waals surface area contributed by atoms with Crippen LogP contribution in [0.15, 0.2) is 30.0 Å². The molecule has 6 heteroatoms. The molecular formula is C17H14O6. The molecule has 0 aliphatic heterocycles. The summed E-state index contributed by atoms with van der Waals surface area (Å²) in [6, 6.07) is 4.50. The molecule has 3 rings (SSSR count). The molecule has 0 saturated heterocycles. The summed E-state index contributed by atoms with van der Waals surface area (Å²) in [4.78, 5) is 24.9. The summed E-state index contributed by atoms with van der Waals surface area (Å²) in [7, 11) is 4.22. The van der Waals surface area contributed by atoms with Gasteiger partial charge in [0.1, 0.15) is 17.2 Å². The maximum atomic E-state index is 12.7. The lowest BCUT2D eigenvalue weighted by molar-refractivity contribution is 0.0918. The number of benzene rings is 2. The highest BCUT2D eigenvalue weighted by molar-refractivity contribution is 6.30. The highest BCUT2D eigenvalue weighted by atomic mass is 16.5. The fraction of sp³-hybridized carbons (Fsp3) is 0.176. The third kappa shape index (κ3) is 2.03. The number of phenolic OH excluding ortho intramolecular Hbond substituents is 1. The van der Waals surface area contributed by atoms with E-state index < -0.39 is 11.6 Å². The topological polar surface area (TPSA) is 82.1 Å². The van der Waals surface area contributed by atoms with Crippen molar-refractivity contribution in [3.05, 3.63) is 41.2 Å². The third-order valence-electron chi connectivity index (χ3n) is 3.82. The summed E-state index contributed by atoms with van der Waals surface area (Å²) >= 11 is 0. The second-order valence-corrected chi connectivity index (χ2v) is 4.94. The molecule has 0 spiro atoms. The van der Waals surface area contributed by atoms with Crippen molar-refractivity contribution in [2.75, 3.05) is 21.3 Å². The maximum Gasteiger partial charge on any atom is 0.229 e. The first-order valence-electron chi connectivity index (χ1n) is 6.78. The first-order chi connectivity index (χ1) is 11.0. The zero-order chi connectivity index (χ0) is 16.7. The molecule has 0 radical (unpaired) electrons. The molecule has 0 atom stereocenters. The van der Waals surface area contributed by atoms with Gasteiger partial charge in [-0.1, -0.05) is 0 Å². The van der Waals surface area contributed by atoms with Gasteiger partial charge in [-0.2, -0.15) is 0 Å². The van der Waals surface area contributed by atoms with Gasteiger partial charge in [0.15, 0.2) is 11.5 Å². The minimum Gasteiger partial charge on any atom is -0.507 e. The summed E-state index contributed by atoms with van der Waals surface area (Å²) in [5.41, 5.74) is 0.241. The van der Waals surface area contributed by atoms with Crippen LogP contribution in [0.2, 0.25) is 0 Å². The van der Waals surface area contributed by atoms with Crippen molar-refractivity contribution in [3.8, 4) is 17.2 Å². The largest absolute Gasteiger partial charge is 0.507 e. The molecule has 23 heavy (non-hydrogen) atoms. The number of phenols is 1. The van der Waals surface area contributed by atoms with Crippen molar-refractivity contribution in [2.24, 2.45) is 0 Å². The van der Waals surface area contributed by atoms with Crippen LogP contribution < -0.4 is 9.47 Å². The lowest BCUT2D eigenvalue weighted by Crippen LogP contribution is -2.18. The van der Waals surface area contributed by atoms with E-state index in [-0.39, 0.29) is 22.6 Å². The van der Waals surface area contributed by atoms with E-state index in [1.807, 2.05) is 0 Å². The number of methoxy groups -OCH3 is 3. The fourth-order valence-corrected chi connectivity index (χ4v) is 2.79. The number of aromatic hydroxyl groups is 1. The quantitative estimate of drug-likeness (QED) is 0.937. The normalized spacial score (nSPS) is 13.6. The number of rotatable bonds is 3. The monoisotopic (exact) mass is 314 g/mol. The van der Waals surface area contributed by atoms with Crippen molar-refractivity contribution >= 4 is 22.3 Å². The van der Waals surface area contributed by atoms with E-state index in [1.54, 1.807) is 12.1 Å². The molecule has 0 unspecified atom stereocenters. The minimum absolute atomic E-state index is 0.0561. The Bertz CT molecular complexity index is 879. The van der Waals surface area contributed by atoms with Crippen LogP contribution in [0, 0.1) is 0 Å². The van der Waals surface area contributed by atoms with Gasteiger partial charge in [0, 0.05) is 22.6 Å². The number of hydrogen-bond acceptors (Lipinski definition) is 6. The molecule has 0 fully saturated rings. The van der Waals surface area contributed by atoms with Crippen LogP contribution in [0.25, 0.3) is 10.8 Å². The number of Topliss-reactive ketones (excluding diaryl/α,β-unsaturated/α-hetero) is 1. The zero-order valence-corrected chi connectivity index (χ0v) is 12.8. The molecule has 0 amide bonds. The Kier molecular flexibility index (Phi) is 3.44. The highest BCUT2D eigenvalue weighted by Crippen LogP contribution is 2.44. The molecule has 0 heterocycles. The second-order valence-electron chi connectivity index (χ2n) is 4.94. The first-order valence-corrected chi connectivity index (χ1v) is 6.78. The molecule has 2 aromatic carbocycles. The van der Waals surface area contributed by atoms with Gasteiger partial charge in [0.25, 0.3) is 0 Å². The van der Waals surface area contributed by atoms with E-state index in [1.165, 1.54) is 27.4 Å². The molecule has 1 aliphatic rings. The van der Waals surface area contributed by atoms with Gasteiger partial charge in [-0.15, -0.1) is 0 Å². The second kappa shape index (κ2) is 5.31. The average molecular weight is 314 g/mol. The van der Waals surface area contributed by atoms with Crippen LogP contribution in [-0.4, -0.2) is 38.0 Å². The molecule has 6 nitrogen and oxygen atoms in total. The van der Waals surface area contributed by atoms with Crippen LogP contribution in [0.3, 0.4) is 0 Å². The molecule has 0 bridgehead atoms. The number of fused-ring (bicyclic) bond motifs is 3. The van der Waals surface area contributed by atoms with Gasteiger partial charge in [0.05, 0.1) is 26.7 Å². The standard InChI is InChI=1S/C17H14O6/c1-21-11-4-5-12(22-2)16-14-8(6-10(19)15(11)16)9(18)7-13(23-3)17(14)20/h4-7,19H,1-3H3. The smallest absolute Gasteiger partial charge is 0.229 e. The Morgan fingerprint density at radius 3 is 2.09 bits per heavy atom. The zero-order valence-electron chi connectivity index (χ0n) is 12.8. The number of allylic oxidation sites excluding steroid dienone is 2. The number of carbonyl (C=O) groups is 2. The Morgan fingerprint density at radius 2 is 1.52 bits per heavy atom. The predicted octanol–water partition coefficient (Wildman–Crippen LogP) is 2.47. The molecule has 0 saturated carbocycles. The van der Waals surface area contributed by atoms with Crippen molar-refractivity contribution < 1.29 is 28.9 Å². The Labute approximate surface area is 131 Å². The predicted molar refractivity (Wildman–Crippen MR) is 82.5 cm³/mol. The van der Waals surface area contributed by atoms with Crippen molar-refractivity contribution in [2.45, 2.75) is 0 Å². The molecular weight excluding hydrogens is 300 g/mol. The van der Waals surface area contributed by atoms with Crippen molar-refractivity contribution in [3.63, 3.8) is 0 Å². The fourth-order valence-electron chi connectivity index (χ4n) is 2.79. The van der Waals surface area contributed by atoms with Gasteiger partial charge in [-0.05, 0) is 18.2 Å². The summed E-state index contributed by atoms with van der Waals surface area (Å²) in [6.07, 6.45) is 1.11. The maximum absolute atomic E-state index is 12.7. The van der Waals surface area contributed by atoms with E-state index in [0.29, 0.717) is 22.3 Å². The van der Waals surface area contributed by atoms with Gasteiger partial charge in [-0.3, -0.25) is 9.59 Å². The number of ketones is 2. The third-order valence-corrected chi connectivity index (χ3v) is 3.82. The molecule has 0 aromatic heterocycles. The summed E-state index contributed by atoms with van der Waals surface area (Å²) < 4.78 is 15.6. The lowest BCUT2D eigenvalue weighted by Gasteiger charge is -2.20. The molecule has 1 N–H and O–H groups in total. The summed E-state index contributed by atoms with van der Waals surface area (Å²) in [5.74, 6) is -0.359. The van der Waals surface area contributed by atoms with Crippen LogP contribution >= 0.6 is 0 Å².